The lowest BCUT2D eigenvalue weighted by Gasteiger charge is -2.08. The van der Waals surface area contributed by atoms with Gasteiger partial charge in [-0.1, -0.05) is 0 Å². The third-order valence-electron chi connectivity index (χ3n) is 2.44. The van der Waals surface area contributed by atoms with Crippen LogP contribution in [0.3, 0.4) is 0 Å². The predicted octanol–water partition coefficient (Wildman–Crippen LogP) is 1.37. The molecule has 5 nitrogen and oxygen atoms in total. The second-order valence-corrected chi connectivity index (χ2v) is 3.36. The number of hydrogen-bond donors (Lipinski definition) is 0. The molecule has 1 heterocycles. The number of hydrogen-bond acceptors (Lipinski definition) is 4. The SMILES string of the molecule is COC(=O)c1ccc2ncn(C)c2c1OC. The normalized spacial score (nSPS) is 10.4. The first-order chi connectivity index (χ1) is 7.69. The molecule has 5 heteroatoms. The number of fused-ring (bicyclic) bond motifs is 1. The van der Waals surface area contributed by atoms with Gasteiger partial charge in [-0.25, -0.2) is 9.78 Å². The number of carbonyl (C=O) groups is 1. The maximum atomic E-state index is 11.5. The van der Waals surface area contributed by atoms with E-state index in [1.807, 2.05) is 7.05 Å². The summed E-state index contributed by atoms with van der Waals surface area (Å²) in [6.45, 7) is 0. The smallest absolute Gasteiger partial charge is 0.341 e. The van der Waals surface area contributed by atoms with Crippen LogP contribution in [0, 0.1) is 0 Å². The van der Waals surface area contributed by atoms with Crippen molar-refractivity contribution in [2.45, 2.75) is 0 Å². The molecule has 1 aromatic carbocycles. The molecule has 1 aromatic heterocycles. The molecule has 0 aliphatic heterocycles. The Balaban J connectivity index is 2.76. The summed E-state index contributed by atoms with van der Waals surface area (Å²) < 4.78 is 11.8. The maximum absolute atomic E-state index is 11.5. The Hall–Kier alpha value is -2.04. The highest BCUT2D eigenvalue weighted by Crippen LogP contribution is 2.29. The monoisotopic (exact) mass is 220 g/mol. The molecule has 0 fully saturated rings. The molecule has 0 radical (unpaired) electrons. The van der Waals surface area contributed by atoms with Crippen molar-refractivity contribution in [3.05, 3.63) is 24.0 Å². The Kier molecular flexibility index (Phi) is 2.52. The Morgan fingerprint density at radius 3 is 2.75 bits per heavy atom. The van der Waals surface area contributed by atoms with Crippen molar-refractivity contribution in [3.8, 4) is 5.75 Å². The van der Waals surface area contributed by atoms with E-state index in [2.05, 4.69) is 4.98 Å². The summed E-state index contributed by atoms with van der Waals surface area (Å²) in [4.78, 5) is 15.7. The Morgan fingerprint density at radius 2 is 2.12 bits per heavy atom. The van der Waals surface area contributed by atoms with Crippen LogP contribution < -0.4 is 4.74 Å². The van der Waals surface area contributed by atoms with E-state index in [0.717, 1.165) is 11.0 Å². The second kappa shape index (κ2) is 3.84. The van der Waals surface area contributed by atoms with E-state index in [-0.39, 0.29) is 0 Å². The number of methoxy groups -OCH3 is 2. The first kappa shape index (κ1) is 10.5. The second-order valence-electron chi connectivity index (χ2n) is 3.36. The molecule has 0 aliphatic rings. The summed E-state index contributed by atoms with van der Waals surface area (Å²) >= 11 is 0. The minimum absolute atomic E-state index is 0.404. The largest absolute Gasteiger partial charge is 0.494 e. The molecule has 0 N–H and O–H groups in total. The number of ether oxygens (including phenoxy) is 2. The lowest BCUT2D eigenvalue weighted by molar-refractivity contribution is 0.0597. The van der Waals surface area contributed by atoms with Crippen LogP contribution in [0.4, 0.5) is 0 Å². The first-order valence-corrected chi connectivity index (χ1v) is 4.75. The summed E-state index contributed by atoms with van der Waals surface area (Å²) in [7, 11) is 4.71. The number of carbonyl (C=O) groups excluding carboxylic acids is 1. The quantitative estimate of drug-likeness (QED) is 0.717. The molecule has 0 saturated heterocycles. The van der Waals surface area contributed by atoms with Gasteiger partial charge in [-0.15, -0.1) is 0 Å². The topological polar surface area (TPSA) is 53.3 Å². The van der Waals surface area contributed by atoms with E-state index < -0.39 is 5.97 Å². The van der Waals surface area contributed by atoms with E-state index in [0.29, 0.717) is 11.3 Å². The Morgan fingerprint density at radius 1 is 1.38 bits per heavy atom. The van der Waals surface area contributed by atoms with Gasteiger partial charge in [0.15, 0.2) is 5.75 Å². The van der Waals surface area contributed by atoms with Crippen molar-refractivity contribution in [1.29, 1.82) is 0 Å². The molecule has 0 aliphatic carbocycles. The Labute approximate surface area is 92.6 Å². The molecule has 0 bridgehead atoms. The van der Waals surface area contributed by atoms with Gasteiger partial charge in [-0.2, -0.15) is 0 Å². The summed E-state index contributed by atoms with van der Waals surface area (Å²) in [6, 6.07) is 3.42. The third-order valence-corrected chi connectivity index (χ3v) is 2.44. The molecule has 2 rings (SSSR count). The molecule has 0 spiro atoms. The molecular formula is C11H12N2O3. The van der Waals surface area contributed by atoms with Crippen LogP contribution in [0.2, 0.25) is 0 Å². The molecular weight excluding hydrogens is 208 g/mol. The van der Waals surface area contributed by atoms with Crippen LogP contribution in [-0.2, 0) is 11.8 Å². The van der Waals surface area contributed by atoms with Crippen molar-refractivity contribution >= 4 is 17.0 Å². The number of esters is 1. The van der Waals surface area contributed by atoms with Gasteiger partial charge in [-0.3, -0.25) is 0 Å². The number of benzene rings is 1. The highest BCUT2D eigenvalue weighted by Gasteiger charge is 2.17. The lowest BCUT2D eigenvalue weighted by Crippen LogP contribution is -2.05. The number of nitrogens with zero attached hydrogens (tertiary/aromatic N) is 2. The average Bonchev–Trinajstić information content (AvgIpc) is 2.69. The number of aryl methyl sites for hydroxylation is 1. The van der Waals surface area contributed by atoms with Crippen molar-refractivity contribution in [2.75, 3.05) is 14.2 Å². The van der Waals surface area contributed by atoms with E-state index in [4.69, 9.17) is 9.47 Å². The van der Waals surface area contributed by atoms with E-state index in [1.54, 1.807) is 23.0 Å². The highest BCUT2D eigenvalue weighted by molar-refractivity contribution is 5.99. The van der Waals surface area contributed by atoms with Crippen LogP contribution in [0.25, 0.3) is 11.0 Å². The van der Waals surface area contributed by atoms with Crippen LogP contribution in [0.15, 0.2) is 18.5 Å². The summed E-state index contributed by atoms with van der Waals surface area (Å²) in [5.74, 6) is 0.0734. The minimum atomic E-state index is -0.417. The van der Waals surface area contributed by atoms with Crippen molar-refractivity contribution < 1.29 is 14.3 Å². The maximum Gasteiger partial charge on any atom is 0.341 e. The summed E-state index contributed by atoms with van der Waals surface area (Å²) in [5.41, 5.74) is 1.97. The average molecular weight is 220 g/mol. The highest BCUT2D eigenvalue weighted by atomic mass is 16.5. The molecule has 84 valence electrons. The van der Waals surface area contributed by atoms with Gasteiger partial charge >= 0.3 is 5.97 Å². The number of aromatic nitrogens is 2. The molecule has 0 atom stereocenters. The van der Waals surface area contributed by atoms with Crippen molar-refractivity contribution in [3.63, 3.8) is 0 Å². The van der Waals surface area contributed by atoms with Crippen molar-refractivity contribution in [2.24, 2.45) is 7.05 Å². The molecule has 0 saturated carbocycles. The molecule has 16 heavy (non-hydrogen) atoms. The Bertz CT molecular complexity index is 545. The van der Waals surface area contributed by atoms with Gasteiger partial charge in [0.25, 0.3) is 0 Å². The number of rotatable bonds is 2. The van der Waals surface area contributed by atoms with Gasteiger partial charge in [0, 0.05) is 7.05 Å². The molecule has 2 aromatic rings. The van der Waals surface area contributed by atoms with E-state index >= 15 is 0 Å². The first-order valence-electron chi connectivity index (χ1n) is 4.75. The zero-order chi connectivity index (χ0) is 11.7. The van der Waals surface area contributed by atoms with E-state index in [1.165, 1.54) is 14.2 Å². The van der Waals surface area contributed by atoms with Crippen LogP contribution in [0.1, 0.15) is 10.4 Å². The zero-order valence-electron chi connectivity index (χ0n) is 9.35. The molecule has 0 unspecified atom stereocenters. The zero-order valence-corrected chi connectivity index (χ0v) is 9.35. The van der Waals surface area contributed by atoms with Gasteiger partial charge < -0.3 is 14.0 Å². The van der Waals surface area contributed by atoms with Crippen molar-refractivity contribution in [1.82, 2.24) is 9.55 Å². The van der Waals surface area contributed by atoms with Crippen LogP contribution in [-0.4, -0.2) is 29.7 Å². The minimum Gasteiger partial charge on any atom is -0.494 e. The van der Waals surface area contributed by atoms with Gasteiger partial charge in [-0.05, 0) is 12.1 Å². The third kappa shape index (κ3) is 1.41. The van der Waals surface area contributed by atoms with Gasteiger partial charge in [0.05, 0.1) is 26.1 Å². The summed E-state index contributed by atoms with van der Waals surface area (Å²) in [6.07, 6.45) is 1.67. The fourth-order valence-electron chi connectivity index (χ4n) is 1.69. The van der Waals surface area contributed by atoms with E-state index in [9.17, 15) is 4.79 Å². The predicted molar refractivity (Wildman–Crippen MR) is 58.6 cm³/mol. The fourth-order valence-corrected chi connectivity index (χ4v) is 1.69. The number of imidazole rings is 1. The van der Waals surface area contributed by atoms with Crippen LogP contribution in [0.5, 0.6) is 5.75 Å². The standard InChI is InChI=1S/C11H12N2O3/c1-13-6-12-8-5-4-7(11(14)16-3)10(15-2)9(8)13/h4-6H,1-3H3. The fraction of sp³-hybridized carbons (Fsp3) is 0.273. The van der Waals surface area contributed by atoms with Gasteiger partial charge in [0.1, 0.15) is 11.1 Å². The van der Waals surface area contributed by atoms with Crippen LogP contribution >= 0.6 is 0 Å². The van der Waals surface area contributed by atoms with Gasteiger partial charge in [0.2, 0.25) is 0 Å². The molecule has 0 amide bonds. The lowest BCUT2D eigenvalue weighted by atomic mass is 10.1. The summed E-state index contributed by atoms with van der Waals surface area (Å²) in [5, 5.41) is 0.